The summed E-state index contributed by atoms with van der Waals surface area (Å²) in [4.78, 5) is 21.0. The highest BCUT2D eigenvalue weighted by atomic mass is 32.2. The monoisotopic (exact) mass is 512 g/mol. The summed E-state index contributed by atoms with van der Waals surface area (Å²) in [6.07, 6.45) is 8.70. The smallest absolute Gasteiger partial charge is 0.253 e. The number of nitrogens with zero attached hydrogens (tertiary/aromatic N) is 4. The predicted octanol–water partition coefficient (Wildman–Crippen LogP) is 3.44. The Morgan fingerprint density at radius 1 is 1.17 bits per heavy atom. The molecule has 0 N–H and O–H groups in total. The van der Waals surface area contributed by atoms with E-state index in [0.717, 1.165) is 40.5 Å². The quantitative estimate of drug-likeness (QED) is 0.456. The molecule has 0 spiro atoms. The fourth-order valence-electron chi connectivity index (χ4n) is 4.14. The standard InChI is InChI=1S/C26H32N4O3S2/c1-20-4-8-23-18-25(34-24(23)11-5-20)35(32,33)30(16-17-31)15-14-28(2)19-21-6-9-22(10-7-21)26-27-12-13-29(26)3/h4-11,17-18,20H,12-16,19H2,1-3H3. The largest absolute Gasteiger partial charge is 0.358 e. The Hall–Kier alpha value is -2.59. The van der Waals surface area contributed by atoms with Gasteiger partial charge in [0.05, 0.1) is 13.1 Å². The fraction of sp³-hybridized carbons (Fsp3) is 0.385. The topological polar surface area (TPSA) is 73.3 Å². The van der Waals surface area contributed by atoms with Crippen LogP contribution >= 0.6 is 11.3 Å². The van der Waals surface area contributed by atoms with Gasteiger partial charge < -0.3 is 14.6 Å². The molecule has 2 heterocycles. The van der Waals surface area contributed by atoms with Gasteiger partial charge >= 0.3 is 0 Å². The molecule has 1 aromatic carbocycles. The van der Waals surface area contributed by atoms with Gasteiger partial charge in [-0.15, -0.1) is 11.3 Å². The van der Waals surface area contributed by atoms with E-state index in [1.165, 1.54) is 15.6 Å². The highest BCUT2D eigenvalue weighted by molar-refractivity contribution is 7.91. The van der Waals surface area contributed by atoms with Crippen molar-refractivity contribution in [3.8, 4) is 0 Å². The van der Waals surface area contributed by atoms with Gasteiger partial charge in [-0.05, 0) is 36.2 Å². The summed E-state index contributed by atoms with van der Waals surface area (Å²) in [5, 5.41) is 0. The van der Waals surface area contributed by atoms with Gasteiger partial charge in [0, 0.05) is 43.7 Å². The average molecular weight is 513 g/mol. The van der Waals surface area contributed by atoms with Crippen LogP contribution in [0, 0.1) is 5.92 Å². The van der Waals surface area contributed by atoms with E-state index in [-0.39, 0.29) is 17.3 Å². The van der Waals surface area contributed by atoms with Gasteiger partial charge in [-0.3, -0.25) is 4.99 Å². The number of amidine groups is 1. The molecular formula is C26H32N4O3S2. The van der Waals surface area contributed by atoms with Gasteiger partial charge in [0.2, 0.25) is 0 Å². The van der Waals surface area contributed by atoms with Crippen LogP contribution in [0.2, 0.25) is 0 Å². The van der Waals surface area contributed by atoms with E-state index in [9.17, 15) is 13.2 Å². The molecule has 0 radical (unpaired) electrons. The van der Waals surface area contributed by atoms with E-state index in [4.69, 9.17) is 0 Å². The number of aliphatic imine (C=N–C) groups is 1. The molecular weight excluding hydrogens is 480 g/mol. The summed E-state index contributed by atoms with van der Waals surface area (Å²) in [6.45, 7) is 5.12. The number of hydrogen-bond donors (Lipinski definition) is 0. The molecule has 1 aliphatic carbocycles. The minimum Gasteiger partial charge on any atom is -0.358 e. The zero-order valence-corrected chi connectivity index (χ0v) is 22.1. The lowest BCUT2D eigenvalue weighted by Crippen LogP contribution is -2.38. The molecule has 0 saturated heterocycles. The molecule has 4 rings (SSSR count). The van der Waals surface area contributed by atoms with E-state index in [0.29, 0.717) is 25.3 Å². The molecule has 1 aromatic heterocycles. The van der Waals surface area contributed by atoms with Crippen molar-refractivity contribution in [3.63, 3.8) is 0 Å². The summed E-state index contributed by atoms with van der Waals surface area (Å²) in [5.41, 5.74) is 3.14. The first-order valence-electron chi connectivity index (χ1n) is 11.8. The van der Waals surface area contributed by atoms with Gasteiger partial charge in [0.25, 0.3) is 10.0 Å². The number of aldehydes is 1. The number of carbonyl (C=O) groups excluding carboxylic acids is 1. The van der Waals surface area contributed by atoms with Gasteiger partial charge in [-0.2, -0.15) is 4.31 Å². The Bertz CT molecular complexity index is 1210. The summed E-state index contributed by atoms with van der Waals surface area (Å²) < 4.78 is 28.2. The lowest BCUT2D eigenvalue weighted by molar-refractivity contribution is -0.108. The lowest BCUT2D eigenvalue weighted by atomic mass is 10.1. The first-order chi connectivity index (χ1) is 16.8. The number of rotatable bonds is 10. The molecule has 7 nitrogen and oxygen atoms in total. The van der Waals surface area contributed by atoms with E-state index in [1.807, 2.05) is 26.2 Å². The van der Waals surface area contributed by atoms with Crippen LogP contribution in [-0.2, 0) is 21.4 Å². The summed E-state index contributed by atoms with van der Waals surface area (Å²) in [7, 11) is 0.243. The van der Waals surface area contributed by atoms with E-state index < -0.39 is 10.0 Å². The molecule has 2 aliphatic rings. The Morgan fingerprint density at radius 2 is 1.91 bits per heavy atom. The van der Waals surface area contributed by atoms with Crippen molar-refractivity contribution >= 4 is 45.6 Å². The van der Waals surface area contributed by atoms with Crippen molar-refractivity contribution in [1.82, 2.24) is 14.1 Å². The van der Waals surface area contributed by atoms with Gasteiger partial charge in [0.1, 0.15) is 16.3 Å². The number of thiophene rings is 1. The second-order valence-electron chi connectivity index (χ2n) is 9.05. The third kappa shape index (κ3) is 5.98. The maximum absolute atomic E-state index is 13.3. The minimum atomic E-state index is -3.76. The Balaban J connectivity index is 1.39. The molecule has 0 amide bonds. The molecule has 35 heavy (non-hydrogen) atoms. The van der Waals surface area contributed by atoms with Crippen molar-refractivity contribution < 1.29 is 13.2 Å². The molecule has 0 saturated carbocycles. The van der Waals surface area contributed by atoms with Crippen molar-refractivity contribution in [2.75, 3.05) is 46.8 Å². The number of likely N-dealkylation sites (N-methyl/N-ethyl adjacent to an activating group) is 2. The third-order valence-corrected chi connectivity index (χ3v) is 9.66. The second-order valence-corrected chi connectivity index (χ2v) is 12.3. The third-order valence-electron chi connectivity index (χ3n) is 6.23. The zero-order chi connectivity index (χ0) is 25.0. The van der Waals surface area contributed by atoms with Crippen LogP contribution in [0.3, 0.4) is 0 Å². The number of carbonyl (C=O) groups is 1. The average Bonchev–Trinajstić information content (AvgIpc) is 3.41. The minimum absolute atomic E-state index is 0.161. The van der Waals surface area contributed by atoms with Gasteiger partial charge in [-0.25, -0.2) is 8.42 Å². The van der Waals surface area contributed by atoms with Crippen LogP contribution in [0.1, 0.15) is 28.5 Å². The number of fused-ring (bicyclic) bond motifs is 1. The van der Waals surface area contributed by atoms with Crippen LogP contribution in [0.15, 0.2) is 51.7 Å². The molecule has 1 unspecified atom stereocenters. The molecule has 9 heteroatoms. The Kier molecular flexibility index (Phi) is 8.01. The van der Waals surface area contributed by atoms with E-state index in [1.54, 1.807) is 6.07 Å². The van der Waals surface area contributed by atoms with E-state index >= 15 is 0 Å². The number of hydrogen-bond acceptors (Lipinski definition) is 7. The SMILES string of the molecule is CC1C=Cc2cc(S(=O)(=O)N(CC=O)CCN(C)Cc3ccc(C4=NCCN4C)cc3)sc2C=C1. The predicted molar refractivity (Wildman–Crippen MR) is 143 cm³/mol. The number of benzene rings is 1. The normalized spacial score (nSPS) is 17.7. The van der Waals surface area contributed by atoms with Crippen LogP contribution in [0.5, 0.6) is 0 Å². The van der Waals surface area contributed by atoms with Gasteiger partial charge in [0.15, 0.2) is 0 Å². The van der Waals surface area contributed by atoms with Crippen molar-refractivity contribution in [1.29, 1.82) is 0 Å². The summed E-state index contributed by atoms with van der Waals surface area (Å²) in [6, 6.07) is 10.0. The van der Waals surface area contributed by atoms with E-state index in [2.05, 4.69) is 58.1 Å². The van der Waals surface area contributed by atoms with Crippen molar-refractivity contribution in [2.24, 2.45) is 10.9 Å². The van der Waals surface area contributed by atoms with Crippen LogP contribution < -0.4 is 0 Å². The second kappa shape index (κ2) is 11.0. The maximum Gasteiger partial charge on any atom is 0.253 e. The first kappa shape index (κ1) is 25.5. The number of allylic oxidation sites excluding steroid dienone is 2. The summed E-state index contributed by atoms with van der Waals surface area (Å²) in [5.74, 6) is 1.33. The van der Waals surface area contributed by atoms with Crippen molar-refractivity contribution in [2.45, 2.75) is 17.7 Å². The molecule has 1 aliphatic heterocycles. The lowest BCUT2D eigenvalue weighted by Gasteiger charge is -2.23. The number of sulfonamides is 1. The Labute approximate surface area is 212 Å². The summed E-state index contributed by atoms with van der Waals surface area (Å²) >= 11 is 1.25. The highest BCUT2D eigenvalue weighted by Crippen LogP contribution is 2.32. The molecule has 2 aromatic rings. The fourth-order valence-corrected chi connectivity index (χ4v) is 7.05. The van der Waals surface area contributed by atoms with Crippen molar-refractivity contribution in [3.05, 3.63) is 64.1 Å². The zero-order valence-electron chi connectivity index (χ0n) is 20.4. The van der Waals surface area contributed by atoms with Gasteiger partial charge in [-0.1, -0.05) is 49.4 Å². The van der Waals surface area contributed by atoms with Crippen LogP contribution in [0.25, 0.3) is 12.2 Å². The maximum atomic E-state index is 13.3. The Morgan fingerprint density at radius 3 is 2.60 bits per heavy atom. The van der Waals surface area contributed by atoms with Crippen LogP contribution in [0.4, 0.5) is 0 Å². The molecule has 1 atom stereocenters. The molecule has 186 valence electrons. The highest BCUT2D eigenvalue weighted by Gasteiger charge is 2.27. The van der Waals surface area contributed by atoms with Crippen LogP contribution in [-0.4, -0.2) is 81.5 Å². The first-order valence-corrected chi connectivity index (χ1v) is 14.0. The molecule has 0 bridgehead atoms. The molecule has 0 fully saturated rings.